The highest BCUT2D eigenvalue weighted by molar-refractivity contribution is 5.87. The SMILES string of the molecule is C=C(CCCC)C(=O)ONC(C)C. The second-order valence-electron chi connectivity index (χ2n) is 3.37. The maximum absolute atomic E-state index is 11.2. The molecule has 0 radical (unpaired) electrons. The molecule has 1 N–H and O–H groups in total. The third-order valence-corrected chi connectivity index (χ3v) is 1.51. The molecule has 0 atom stereocenters. The average Bonchev–Trinajstić information content (AvgIpc) is 2.10. The Bertz CT molecular complexity index is 176. The molecular formula is C10H19NO2. The van der Waals surface area contributed by atoms with E-state index < -0.39 is 0 Å². The second-order valence-corrected chi connectivity index (χ2v) is 3.37. The number of rotatable bonds is 6. The fraction of sp³-hybridized carbons (Fsp3) is 0.700. The van der Waals surface area contributed by atoms with Crippen molar-refractivity contribution in [3.05, 3.63) is 12.2 Å². The van der Waals surface area contributed by atoms with Crippen LogP contribution in [0.15, 0.2) is 12.2 Å². The van der Waals surface area contributed by atoms with Gasteiger partial charge in [-0.15, -0.1) is 0 Å². The maximum atomic E-state index is 11.2. The molecule has 0 aromatic heterocycles. The van der Waals surface area contributed by atoms with Crippen molar-refractivity contribution in [2.75, 3.05) is 0 Å². The molecule has 13 heavy (non-hydrogen) atoms. The van der Waals surface area contributed by atoms with Gasteiger partial charge in [0.2, 0.25) is 0 Å². The van der Waals surface area contributed by atoms with Crippen LogP contribution in [0.1, 0.15) is 40.0 Å². The van der Waals surface area contributed by atoms with E-state index in [1.807, 2.05) is 13.8 Å². The minimum absolute atomic E-state index is 0.142. The first-order chi connectivity index (χ1) is 6.07. The fourth-order valence-electron chi connectivity index (χ4n) is 0.736. The van der Waals surface area contributed by atoms with E-state index in [0.29, 0.717) is 5.57 Å². The number of nitrogens with one attached hydrogen (secondary N) is 1. The van der Waals surface area contributed by atoms with Gasteiger partial charge >= 0.3 is 5.97 Å². The van der Waals surface area contributed by atoms with Crippen molar-refractivity contribution in [2.24, 2.45) is 0 Å². The lowest BCUT2D eigenvalue weighted by Gasteiger charge is -2.09. The van der Waals surface area contributed by atoms with Crippen LogP contribution in [0, 0.1) is 0 Å². The summed E-state index contributed by atoms with van der Waals surface area (Å²) in [6, 6.07) is 0.142. The lowest BCUT2D eigenvalue weighted by Crippen LogP contribution is -2.27. The molecule has 0 heterocycles. The standard InChI is InChI=1S/C10H19NO2/c1-5-6-7-9(4)10(12)13-11-8(2)3/h8,11H,4-7H2,1-3H3. The maximum Gasteiger partial charge on any atom is 0.352 e. The molecule has 3 heteroatoms. The van der Waals surface area contributed by atoms with Crippen LogP contribution in [0.2, 0.25) is 0 Å². The molecule has 0 aliphatic heterocycles. The predicted octanol–water partition coefficient (Wildman–Crippen LogP) is 2.19. The molecule has 0 aromatic carbocycles. The van der Waals surface area contributed by atoms with E-state index in [4.69, 9.17) is 4.84 Å². The highest BCUT2D eigenvalue weighted by Gasteiger charge is 2.08. The predicted molar refractivity (Wildman–Crippen MR) is 53.0 cm³/mol. The molecule has 0 aromatic rings. The Morgan fingerprint density at radius 3 is 2.62 bits per heavy atom. The monoisotopic (exact) mass is 185 g/mol. The highest BCUT2D eigenvalue weighted by atomic mass is 16.7. The van der Waals surface area contributed by atoms with E-state index >= 15 is 0 Å². The number of hydroxylamine groups is 1. The quantitative estimate of drug-likeness (QED) is 0.509. The van der Waals surface area contributed by atoms with Crippen LogP contribution >= 0.6 is 0 Å². The van der Waals surface area contributed by atoms with Gasteiger partial charge in [0, 0.05) is 11.6 Å². The van der Waals surface area contributed by atoms with E-state index in [2.05, 4.69) is 19.0 Å². The van der Waals surface area contributed by atoms with Crippen LogP contribution in [0.25, 0.3) is 0 Å². The lowest BCUT2D eigenvalue weighted by atomic mass is 10.1. The summed E-state index contributed by atoms with van der Waals surface area (Å²) < 4.78 is 0. The third kappa shape index (κ3) is 6.34. The highest BCUT2D eigenvalue weighted by Crippen LogP contribution is 2.05. The summed E-state index contributed by atoms with van der Waals surface area (Å²) >= 11 is 0. The topological polar surface area (TPSA) is 38.3 Å². The van der Waals surface area contributed by atoms with Gasteiger partial charge in [-0.2, -0.15) is 5.48 Å². The summed E-state index contributed by atoms with van der Waals surface area (Å²) in [5.74, 6) is -0.345. The molecule has 0 saturated carbocycles. The van der Waals surface area contributed by atoms with Gasteiger partial charge in [0.15, 0.2) is 0 Å². The first-order valence-electron chi connectivity index (χ1n) is 4.72. The Balaban J connectivity index is 3.64. The van der Waals surface area contributed by atoms with Crippen molar-refractivity contribution in [1.82, 2.24) is 5.48 Å². The van der Waals surface area contributed by atoms with E-state index in [0.717, 1.165) is 19.3 Å². The fourth-order valence-corrected chi connectivity index (χ4v) is 0.736. The van der Waals surface area contributed by atoms with Crippen molar-refractivity contribution >= 4 is 5.97 Å². The van der Waals surface area contributed by atoms with Gasteiger partial charge in [-0.25, -0.2) is 4.79 Å². The minimum atomic E-state index is -0.345. The molecule has 0 fully saturated rings. The average molecular weight is 185 g/mol. The molecule has 0 spiro atoms. The lowest BCUT2D eigenvalue weighted by molar-refractivity contribution is -0.147. The summed E-state index contributed by atoms with van der Waals surface area (Å²) in [6.45, 7) is 9.54. The number of hydrogen-bond acceptors (Lipinski definition) is 3. The summed E-state index contributed by atoms with van der Waals surface area (Å²) in [4.78, 5) is 15.9. The summed E-state index contributed by atoms with van der Waals surface area (Å²) in [5, 5.41) is 0. The van der Waals surface area contributed by atoms with Crippen molar-refractivity contribution in [1.29, 1.82) is 0 Å². The van der Waals surface area contributed by atoms with Crippen LogP contribution in [-0.4, -0.2) is 12.0 Å². The molecule has 0 rings (SSSR count). The van der Waals surface area contributed by atoms with Crippen LogP contribution < -0.4 is 5.48 Å². The number of carbonyl (C=O) groups excluding carboxylic acids is 1. The molecule has 0 bridgehead atoms. The van der Waals surface area contributed by atoms with Crippen molar-refractivity contribution < 1.29 is 9.63 Å². The van der Waals surface area contributed by atoms with Crippen molar-refractivity contribution in [3.63, 3.8) is 0 Å². The number of hydrogen-bond donors (Lipinski definition) is 1. The van der Waals surface area contributed by atoms with Gasteiger partial charge in [0.1, 0.15) is 0 Å². The molecule has 0 unspecified atom stereocenters. The van der Waals surface area contributed by atoms with E-state index in [1.54, 1.807) is 0 Å². The smallest absolute Gasteiger partial charge is 0.352 e. The Morgan fingerprint density at radius 1 is 1.54 bits per heavy atom. The van der Waals surface area contributed by atoms with Gasteiger partial charge in [0.25, 0.3) is 0 Å². The van der Waals surface area contributed by atoms with Gasteiger partial charge in [-0.3, -0.25) is 0 Å². The molecule has 76 valence electrons. The number of unbranched alkanes of at least 4 members (excludes halogenated alkanes) is 1. The van der Waals surface area contributed by atoms with E-state index in [9.17, 15) is 4.79 Å². The Morgan fingerprint density at radius 2 is 2.15 bits per heavy atom. The van der Waals surface area contributed by atoms with Crippen molar-refractivity contribution in [2.45, 2.75) is 46.1 Å². The molecule has 0 amide bonds. The Kier molecular flexibility index (Phi) is 6.24. The molecule has 3 nitrogen and oxygen atoms in total. The second kappa shape index (κ2) is 6.66. The summed E-state index contributed by atoms with van der Waals surface area (Å²) in [7, 11) is 0. The zero-order valence-electron chi connectivity index (χ0n) is 8.72. The first kappa shape index (κ1) is 12.2. The van der Waals surface area contributed by atoms with E-state index in [-0.39, 0.29) is 12.0 Å². The van der Waals surface area contributed by atoms with Gasteiger partial charge in [-0.05, 0) is 26.7 Å². The Labute approximate surface area is 80.1 Å². The van der Waals surface area contributed by atoms with Crippen LogP contribution in [0.5, 0.6) is 0 Å². The van der Waals surface area contributed by atoms with Gasteiger partial charge in [0.05, 0.1) is 0 Å². The largest absolute Gasteiger partial charge is 0.367 e. The summed E-state index contributed by atoms with van der Waals surface area (Å²) in [6.07, 6.45) is 2.76. The zero-order valence-corrected chi connectivity index (χ0v) is 8.72. The van der Waals surface area contributed by atoms with Gasteiger partial charge < -0.3 is 4.84 Å². The zero-order chi connectivity index (χ0) is 10.3. The molecule has 0 aliphatic rings. The van der Waals surface area contributed by atoms with Crippen molar-refractivity contribution in [3.8, 4) is 0 Å². The Hall–Kier alpha value is -0.830. The van der Waals surface area contributed by atoms with Crippen LogP contribution in [-0.2, 0) is 9.63 Å². The molecule has 0 saturated heterocycles. The summed E-state index contributed by atoms with van der Waals surface area (Å²) in [5.41, 5.74) is 3.13. The number of carbonyl (C=O) groups is 1. The van der Waals surface area contributed by atoms with Crippen LogP contribution in [0.3, 0.4) is 0 Å². The first-order valence-corrected chi connectivity index (χ1v) is 4.72. The van der Waals surface area contributed by atoms with Crippen LogP contribution in [0.4, 0.5) is 0 Å². The molecular weight excluding hydrogens is 166 g/mol. The third-order valence-electron chi connectivity index (χ3n) is 1.51. The minimum Gasteiger partial charge on any atom is -0.367 e. The van der Waals surface area contributed by atoms with E-state index in [1.165, 1.54) is 0 Å². The normalized spacial score (nSPS) is 10.2. The molecule has 0 aliphatic carbocycles. The van der Waals surface area contributed by atoms with Gasteiger partial charge in [-0.1, -0.05) is 19.9 Å².